The van der Waals surface area contributed by atoms with Crippen LogP contribution in [0.5, 0.6) is 0 Å². The summed E-state index contributed by atoms with van der Waals surface area (Å²) in [6.07, 6.45) is 8.81. The average Bonchev–Trinajstić information content (AvgIpc) is 3.40. The van der Waals surface area contributed by atoms with Crippen molar-refractivity contribution in [1.82, 2.24) is 25.3 Å². The Balaban J connectivity index is 1.29. The Bertz CT molecular complexity index is 676. The van der Waals surface area contributed by atoms with E-state index in [-0.39, 0.29) is 17.7 Å². The lowest BCUT2D eigenvalue weighted by Gasteiger charge is -2.42. The van der Waals surface area contributed by atoms with Gasteiger partial charge in [-0.2, -0.15) is 5.10 Å². The summed E-state index contributed by atoms with van der Waals surface area (Å²) in [6.45, 7) is 5.55. The second-order valence-corrected chi connectivity index (χ2v) is 8.26. The van der Waals surface area contributed by atoms with Crippen LogP contribution in [-0.4, -0.2) is 70.1 Å². The first-order valence-corrected chi connectivity index (χ1v) is 10.5. The van der Waals surface area contributed by atoms with Crippen LogP contribution >= 0.6 is 0 Å². The van der Waals surface area contributed by atoms with Gasteiger partial charge in [-0.15, -0.1) is 0 Å². The van der Waals surface area contributed by atoms with E-state index < -0.39 is 0 Å². The maximum Gasteiger partial charge on any atom is 0.257 e. The summed E-state index contributed by atoms with van der Waals surface area (Å²) < 4.78 is 0. The highest BCUT2D eigenvalue weighted by Crippen LogP contribution is 2.26. The number of carbonyl (C=O) groups excluding carboxylic acids is 2. The summed E-state index contributed by atoms with van der Waals surface area (Å²) >= 11 is 0. The molecular formula is C20H31N5O2. The van der Waals surface area contributed by atoms with Gasteiger partial charge < -0.3 is 10.2 Å². The van der Waals surface area contributed by atoms with Crippen LogP contribution in [0.4, 0.5) is 0 Å². The van der Waals surface area contributed by atoms with Crippen LogP contribution in [-0.2, 0) is 11.2 Å². The quantitative estimate of drug-likeness (QED) is 0.821. The number of aromatic amines is 1. The van der Waals surface area contributed by atoms with Gasteiger partial charge in [0.2, 0.25) is 5.91 Å². The number of nitrogens with one attached hydrogen (secondary N) is 2. The van der Waals surface area contributed by atoms with Crippen molar-refractivity contribution in [2.24, 2.45) is 5.92 Å². The Morgan fingerprint density at radius 2 is 1.96 bits per heavy atom. The van der Waals surface area contributed by atoms with Crippen molar-refractivity contribution in [1.29, 1.82) is 0 Å². The zero-order chi connectivity index (χ0) is 18.8. The van der Waals surface area contributed by atoms with E-state index in [2.05, 4.69) is 20.4 Å². The van der Waals surface area contributed by atoms with Crippen LogP contribution in [0.1, 0.15) is 61.5 Å². The number of amides is 2. The minimum atomic E-state index is 0.0966. The molecule has 1 aliphatic carbocycles. The lowest BCUT2D eigenvalue weighted by molar-refractivity contribution is -0.127. The van der Waals surface area contributed by atoms with E-state index in [1.54, 1.807) is 6.20 Å². The molecule has 0 bridgehead atoms. The molecule has 2 aliphatic heterocycles. The third kappa shape index (κ3) is 4.18. The Morgan fingerprint density at radius 1 is 1.19 bits per heavy atom. The minimum absolute atomic E-state index is 0.0966. The molecule has 1 aromatic heterocycles. The van der Waals surface area contributed by atoms with Crippen molar-refractivity contribution in [2.45, 2.75) is 64.0 Å². The Kier molecular flexibility index (Phi) is 5.48. The summed E-state index contributed by atoms with van der Waals surface area (Å²) in [5, 5.41) is 10.1. The monoisotopic (exact) mass is 373 g/mol. The van der Waals surface area contributed by atoms with Gasteiger partial charge >= 0.3 is 0 Å². The van der Waals surface area contributed by atoms with Crippen molar-refractivity contribution in [3.63, 3.8) is 0 Å². The summed E-state index contributed by atoms with van der Waals surface area (Å²) in [6, 6.07) is 0.929. The molecule has 3 fully saturated rings. The molecule has 7 nitrogen and oxygen atoms in total. The second kappa shape index (κ2) is 8.00. The summed E-state index contributed by atoms with van der Waals surface area (Å²) in [5.41, 5.74) is 1.63. The van der Waals surface area contributed by atoms with Crippen molar-refractivity contribution in [2.75, 3.05) is 26.2 Å². The van der Waals surface area contributed by atoms with Gasteiger partial charge in [0.15, 0.2) is 0 Å². The van der Waals surface area contributed by atoms with Gasteiger partial charge in [-0.05, 0) is 51.5 Å². The highest BCUT2D eigenvalue weighted by atomic mass is 16.2. The molecule has 1 saturated carbocycles. The number of rotatable bonds is 5. The summed E-state index contributed by atoms with van der Waals surface area (Å²) in [7, 11) is 0. The lowest BCUT2D eigenvalue weighted by Crippen LogP contribution is -2.51. The van der Waals surface area contributed by atoms with E-state index in [4.69, 9.17) is 0 Å². The molecule has 2 saturated heterocycles. The average molecular weight is 374 g/mol. The Morgan fingerprint density at radius 3 is 2.67 bits per heavy atom. The van der Waals surface area contributed by atoms with E-state index in [1.165, 1.54) is 0 Å². The van der Waals surface area contributed by atoms with Gasteiger partial charge in [0.05, 0.1) is 17.7 Å². The van der Waals surface area contributed by atoms with E-state index in [9.17, 15) is 9.59 Å². The number of piperidine rings is 2. The molecule has 148 valence electrons. The van der Waals surface area contributed by atoms with Crippen LogP contribution in [0, 0.1) is 5.92 Å². The van der Waals surface area contributed by atoms with Crippen LogP contribution in [0.3, 0.4) is 0 Å². The first-order valence-electron chi connectivity index (χ1n) is 10.5. The number of hydrogen-bond acceptors (Lipinski definition) is 4. The fourth-order valence-corrected chi connectivity index (χ4v) is 4.47. The van der Waals surface area contributed by atoms with Crippen molar-refractivity contribution in [3.8, 4) is 0 Å². The summed E-state index contributed by atoms with van der Waals surface area (Å²) in [4.78, 5) is 29.6. The molecule has 3 aliphatic rings. The molecule has 7 heteroatoms. The van der Waals surface area contributed by atoms with Gasteiger partial charge in [0.25, 0.3) is 5.91 Å². The SMILES string of the molecule is CCc1[nH]ncc1C(=O)N1CCC(N2CCCC(C(=O)NC3CC3)C2)CC1. The number of likely N-dealkylation sites (tertiary alicyclic amines) is 2. The molecule has 0 spiro atoms. The van der Waals surface area contributed by atoms with Gasteiger partial charge in [-0.25, -0.2) is 0 Å². The number of carbonyl (C=O) groups is 2. The first-order chi connectivity index (χ1) is 13.2. The maximum atomic E-state index is 12.8. The summed E-state index contributed by atoms with van der Waals surface area (Å²) in [5.74, 6) is 0.485. The number of H-pyrrole nitrogens is 1. The molecule has 2 N–H and O–H groups in total. The number of hydrogen-bond donors (Lipinski definition) is 2. The van der Waals surface area contributed by atoms with E-state index in [1.807, 2.05) is 11.8 Å². The lowest BCUT2D eigenvalue weighted by atomic mass is 9.93. The van der Waals surface area contributed by atoms with Gasteiger partial charge in [0.1, 0.15) is 0 Å². The molecule has 4 rings (SSSR count). The van der Waals surface area contributed by atoms with Crippen LogP contribution in [0.25, 0.3) is 0 Å². The third-order valence-electron chi connectivity index (χ3n) is 6.32. The van der Waals surface area contributed by atoms with Crippen molar-refractivity contribution in [3.05, 3.63) is 17.5 Å². The smallest absolute Gasteiger partial charge is 0.257 e. The fourth-order valence-electron chi connectivity index (χ4n) is 4.47. The van der Waals surface area contributed by atoms with Crippen LogP contribution in [0.15, 0.2) is 6.20 Å². The zero-order valence-corrected chi connectivity index (χ0v) is 16.2. The normalized spacial score (nSPS) is 24.8. The molecule has 1 atom stereocenters. The largest absolute Gasteiger partial charge is 0.353 e. The number of nitrogens with zero attached hydrogens (tertiary/aromatic N) is 3. The first kappa shape index (κ1) is 18.5. The molecule has 1 unspecified atom stereocenters. The molecule has 0 aromatic carbocycles. The molecule has 1 aromatic rings. The van der Waals surface area contributed by atoms with E-state index in [0.717, 1.165) is 76.8 Å². The number of aromatic nitrogens is 2. The fraction of sp³-hybridized carbons (Fsp3) is 0.750. The molecule has 2 amide bonds. The standard InChI is InChI=1S/C20H31N5O2/c1-2-18-17(12-21-23-18)20(27)24-10-7-16(8-11-24)25-9-3-4-14(13-25)19(26)22-15-5-6-15/h12,14-16H,2-11,13H2,1H3,(H,21,23)(H,22,26). The molecular weight excluding hydrogens is 342 g/mol. The van der Waals surface area contributed by atoms with Crippen molar-refractivity contribution >= 4 is 11.8 Å². The van der Waals surface area contributed by atoms with Crippen LogP contribution < -0.4 is 5.32 Å². The highest BCUT2D eigenvalue weighted by molar-refractivity contribution is 5.95. The predicted octanol–water partition coefficient (Wildman–Crippen LogP) is 1.57. The van der Waals surface area contributed by atoms with Gasteiger partial charge in [0, 0.05) is 37.4 Å². The topological polar surface area (TPSA) is 81.3 Å². The van der Waals surface area contributed by atoms with Crippen LogP contribution in [0.2, 0.25) is 0 Å². The highest BCUT2D eigenvalue weighted by Gasteiger charge is 2.34. The third-order valence-corrected chi connectivity index (χ3v) is 6.32. The predicted molar refractivity (Wildman–Crippen MR) is 102 cm³/mol. The zero-order valence-electron chi connectivity index (χ0n) is 16.2. The van der Waals surface area contributed by atoms with Gasteiger partial charge in [-0.1, -0.05) is 6.92 Å². The van der Waals surface area contributed by atoms with Gasteiger partial charge in [-0.3, -0.25) is 19.6 Å². The Hall–Kier alpha value is -1.89. The molecule has 0 radical (unpaired) electrons. The second-order valence-electron chi connectivity index (χ2n) is 8.26. The molecule has 27 heavy (non-hydrogen) atoms. The Labute approximate surface area is 160 Å². The molecule has 3 heterocycles. The number of aryl methyl sites for hydroxylation is 1. The van der Waals surface area contributed by atoms with Crippen molar-refractivity contribution < 1.29 is 9.59 Å². The minimum Gasteiger partial charge on any atom is -0.353 e. The van der Waals surface area contributed by atoms with E-state index >= 15 is 0 Å². The van der Waals surface area contributed by atoms with E-state index in [0.29, 0.717) is 17.6 Å². The maximum absolute atomic E-state index is 12.8.